The van der Waals surface area contributed by atoms with Crippen LogP contribution in [0.1, 0.15) is 55.8 Å². The van der Waals surface area contributed by atoms with E-state index in [1.807, 2.05) is 24.3 Å². The molecule has 0 bridgehead atoms. The maximum Gasteiger partial charge on any atom is 0.258 e. The summed E-state index contributed by atoms with van der Waals surface area (Å²) < 4.78 is 5.76. The second-order valence-electron chi connectivity index (χ2n) is 7.59. The number of amides is 1. The lowest BCUT2D eigenvalue weighted by Crippen LogP contribution is -2.33. The van der Waals surface area contributed by atoms with Gasteiger partial charge < -0.3 is 10.1 Å². The molecule has 26 heavy (non-hydrogen) atoms. The molecule has 3 nitrogen and oxygen atoms in total. The van der Waals surface area contributed by atoms with Gasteiger partial charge in [0.1, 0.15) is 5.75 Å². The summed E-state index contributed by atoms with van der Waals surface area (Å²) in [6.07, 6.45) is 5.69. The summed E-state index contributed by atoms with van der Waals surface area (Å²) in [4.78, 5) is 12.4. The average molecular weight is 351 g/mol. The van der Waals surface area contributed by atoms with E-state index in [1.54, 1.807) is 0 Å². The lowest BCUT2D eigenvalue weighted by Gasteiger charge is -2.21. The first-order valence-electron chi connectivity index (χ1n) is 9.70. The second kappa shape index (κ2) is 8.88. The van der Waals surface area contributed by atoms with Crippen LogP contribution >= 0.6 is 0 Å². The fourth-order valence-electron chi connectivity index (χ4n) is 3.62. The molecule has 0 saturated carbocycles. The highest BCUT2D eigenvalue weighted by Gasteiger charge is 2.17. The van der Waals surface area contributed by atoms with Crippen molar-refractivity contribution in [3.8, 4) is 5.75 Å². The van der Waals surface area contributed by atoms with Crippen molar-refractivity contribution in [1.82, 2.24) is 5.32 Å². The first kappa shape index (κ1) is 18.5. The number of aryl methyl sites for hydroxylation is 2. The van der Waals surface area contributed by atoms with E-state index in [1.165, 1.54) is 24.0 Å². The van der Waals surface area contributed by atoms with Gasteiger partial charge in [0, 0.05) is 0 Å². The second-order valence-corrected chi connectivity index (χ2v) is 7.59. The predicted molar refractivity (Wildman–Crippen MR) is 105 cm³/mol. The Morgan fingerprint density at radius 3 is 2.50 bits per heavy atom. The van der Waals surface area contributed by atoms with Crippen LogP contribution in [0.5, 0.6) is 5.75 Å². The van der Waals surface area contributed by atoms with Crippen LogP contribution < -0.4 is 10.1 Å². The first-order valence-corrected chi connectivity index (χ1v) is 9.70. The molecule has 1 aliphatic carbocycles. The Bertz CT molecular complexity index is 724. The van der Waals surface area contributed by atoms with Crippen molar-refractivity contribution in [3.05, 3.63) is 65.2 Å². The van der Waals surface area contributed by atoms with Gasteiger partial charge in [-0.25, -0.2) is 0 Å². The quantitative estimate of drug-likeness (QED) is 0.774. The zero-order chi connectivity index (χ0) is 18.4. The molecule has 1 amide bonds. The van der Waals surface area contributed by atoms with E-state index in [2.05, 4.69) is 43.4 Å². The first-order chi connectivity index (χ1) is 12.6. The Labute approximate surface area is 156 Å². The highest BCUT2D eigenvalue weighted by Crippen LogP contribution is 2.25. The van der Waals surface area contributed by atoms with Gasteiger partial charge in [-0.1, -0.05) is 50.2 Å². The van der Waals surface area contributed by atoms with Gasteiger partial charge in [-0.2, -0.15) is 0 Å². The van der Waals surface area contributed by atoms with E-state index >= 15 is 0 Å². The predicted octanol–water partition coefficient (Wildman–Crippen LogP) is 4.85. The molecular weight excluding hydrogens is 322 g/mol. The molecule has 0 spiro atoms. The average Bonchev–Trinajstić information content (AvgIpc) is 2.66. The standard InChI is InChI=1S/C23H29NO2/c1-17(2)14-22(19-9-4-3-5-10-19)24-23(25)16-26-21-13-12-18-8-6-7-11-20(18)15-21/h3-5,9-10,12-13,15,17,22H,6-8,11,14,16H2,1-2H3,(H,24,25). The van der Waals surface area contributed by atoms with E-state index < -0.39 is 0 Å². The van der Waals surface area contributed by atoms with Crippen molar-refractivity contribution in [3.63, 3.8) is 0 Å². The molecule has 3 rings (SSSR count). The molecule has 0 fully saturated rings. The van der Waals surface area contributed by atoms with Crippen molar-refractivity contribution < 1.29 is 9.53 Å². The number of hydrogen-bond acceptors (Lipinski definition) is 2. The van der Waals surface area contributed by atoms with Crippen LogP contribution in [-0.2, 0) is 17.6 Å². The SMILES string of the molecule is CC(C)CC(NC(=O)COc1ccc2c(c1)CCCC2)c1ccccc1. The fourth-order valence-corrected chi connectivity index (χ4v) is 3.62. The Hall–Kier alpha value is -2.29. The molecule has 2 aromatic rings. The maximum atomic E-state index is 12.4. The summed E-state index contributed by atoms with van der Waals surface area (Å²) in [5.74, 6) is 1.22. The molecule has 3 heteroatoms. The lowest BCUT2D eigenvalue weighted by molar-refractivity contribution is -0.124. The zero-order valence-corrected chi connectivity index (χ0v) is 15.8. The van der Waals surface area contributed by atoms with Crippen LogP contribution in [0.2, 0.25) is 0 Å². The molecule has 0 heterocycles. The summed E-state index contributed by atoms with van der Waals surface area (Å²) in [5, 5.41) is 3.13. The summed E-state index contributed by atoms with van der Waals surface area (Å²) in [6.45, 7) is 4.40. The van der Waals surface area contributed by atoms with Gasteiger partial charge in [-0.05, 0) is 66.8 Å². The third-order valence-electron chi connectivity index (χ3n) is 4.93. The molecule has 1 aliphatic rings. The summed E-state index contributed by atoms with van der Waals surface area (Å²) in [6, 6.07) is 16.4. The summed E-state index contributed by atoms with van der Waals surface area (Å²) in [7, 11) is 0. The minimum atomic E-state index is -0.0720. The van der Waals surface area contributed by atoms with Crippen LogP contribution in [0, 0.1) is 5.92 Å². The van der Waals surface area contributed by atoms with Crippen LogP contribution in [0.4, 0.5) is 0 Å². The number of carbonyl (C=O) groups excluding carboxylic acids is 1. The van der Waals surface area contributed by atoms with E-state index in [4.69, 9.17) is 4.74 Å². The van der Waals surface area contributed by atoms with Crippen LogP contribution in [0.3, 0.4) is 0 Å². The third kappa shape index (κ3) is 5.10. The van der Waals surface area contributed by atoms with Gasteiger partial charge >= 0.3 is 0 Å². The minimum Gasteiger partial charge on any atom is -0.484 e. The summed E-state index contributed by atoms with van der Waals surface area (Å²) >= 11 is 0. The summed E-state index contributed by atoms with van der Waals surface area (Å²) in [5.41, 5.74) is 3.94. The van der Waals surface area contributed by atoms with E-state index in [0.29, 0.717) is 5.92 Å². The van der Waals surface area contributed by atoms with Gasteiger partial charge in [-0.15, -0.1) is 0 Å². The number of ether oxygens (including phenoxy) is 1. The number of benzene rings is 2. The normalized spacial score (nSPS) is 14.6. The van der Waals surface area contributed by atoms with Gasteiger partial charge in [-0.3, -0.25) is 4.79 Å². The molecule has 0 radical (unpaired) electrons. The van der Waals surface area contributed by atoms with E-state index in [9.17, 15) is 4.79 Å². The minimum absolute atomic E-state index is 0.0239. The van der Waals surface area contributed by atoms with E-state index in [0.717, 1.165) is 30.6 Å². The highest BCUT2D eigenvalue weighted by molar-refractivity contribution is 5.78. The third-order valence-corrected chi connectivity index (χ3v) is 4.93. The van der Waals surface area contributed by atoms with Crippen LogP contribution in [-0.4, -0.2) is 12.5 Å². The molecule has 138 valence electrons. The Morgan fingerprint density at radius 2 is 1.77 bits per heavy atom. The van der Waals surface area contributed by atoms with Gasteiger partial charge in [0.25, 0.3) is 5.91 Å². The maximum absolute atomic E-state index is 12.4. The Kier molecular flexibility index (Phi) is 6.32. The number of carbonyl (C=O) groups is 1. The largest absolute Gasteiger partial charge is 0.484 e. The van der Waals surface area contributed by atoms with Gasteiger partial charge in [0.2, 0.25) is 0 Å². The number of fused-ring (bicyclic) bond motifs is 1. The van der Waals surface area contributed by atoms with Crippen molar-refractivity contribution in [2.75, 3.05) is 6.61 Å². The molecule has 0 aromatic heterocycles. The smallest absolute Gasteiger partial charge is 0.258 e. The van der Waals surface area contributed by atoms with Crippen molar-refractivity contribution in [1.29, 1.82) is 0 Å². The Balaban J connectivity index is 1.58. The van der Waals surface area contributed by atoms with Crippen LogP contribution in [0.15, 0.2) is 48.5 Å². The van der Waals surface area contributed by atoms with Gasteiger partial charge in [0.05, 0.1) is 6.04 Å². The lowest BCUT2D eigenvalue weighted by atomic mass is 9.92. The van der Waals surface area contributed by atoms with Gasteiger partial charge in [0.15, 0.2) is 6.61 Å². The molecule has 1 unspecified atom stereocenters. The molecule has 1 atom stereocenters. The van der Waals surface area contributed by atoms with Crippen molar-refractivity contribution >= 4 is 5.91 Å². The van der Waals surface area contributed by atoms with E-state index in [-0.39, 0.29) is 18.6 Å². The highest BCUT2D eigenvalue weighted by atomic mass is 16.5. The van der Waals surface area contributed by atoms with Crippen molar-refractivity contribution in [2.45, 2.75) is 52.0 Å². The molecule has 0 aliphatic heterocycles. The topological polar surface area (TPSA) is 38.3 Å². The fraction of sp³-hybridized carbons (Fsp3) is 0.435. The van der Waals surface area contributed by atoms with Crippen molar-refractivity contribution in [2.24, 2.45) is 5.92 Å². The molecular formula is C23H29NO2. The number of hydrogen-bond donors (Lipinski definition) is 1. The monoisotopic (exact) mass is 351 g/mol. The molecule has 0 saturated heterocycles. The molecule has 2 aromatic carbocycles. The number of rotatable bonds is 7. The number of nitrogens with one attached hydrogen (secondary N) is 1. The Morgan fingerprint density at radius 1 is 1.04 bits per heavy atom. The molecule has 1 N–H and O–H groups in total. The zero-order valence-electron chi connectivity index (χ0n) is 15.8. The van der Waals surface area contributed by atoms with Crippen LogP contribution in [0.25, 0.3) is 0 Å².